The molecule has 0 amide bonds. The number of hydrogen-bond acceptors (Lipinski definition) is 0. The molecule has 2 fully saturated rings. The standard InChI is InChI=1S/C30H38F2/c1-3-21(2)8-9-22-10-12-23(13-11-22)24-14-16-25(17-15-24)27-6-4-5-7-28(27)26-18-19-29(31)30(32)20-26/h4-7,18-20,22-25H,2-3,8-17H2,1H3. The van der Waals surface area contributed by atoms with Gasteiger partial charge < -0.3 is 0 Å². The SMILES string of the molecule is C=C(CC)CCC1CCC(C2CCC(c3ccccc3-c3ccc(F)c(F)c3)CC2)CC1. The molecule has 0 radical (unpaired) electrons. The first-order valence-electron chi connectivity index (χ1n) is 12.8. The fourth-order valence-electron chi connectivity index (χ4n) is 6.21. The Kier molecular flexibility index (Phi) is 7.81. The van der Waals surface area contributed by atoms with Gasteiger partial charge in [0.05, 0.1) is 0 Å². The van der Waals surface area contributed by atoms with Crippen LogP contribution in [0.15, 0.2) is 54.6 Å². The summed E-state index contributed by atoms with van der Waals surface area (Å²) in [4.78, 5) is 0. The zero-order valence-corrected chi connectivity index (χ0v) is 19.6. The van der Waals surface area contributed by atoms with Gasteiger partial charge in [0.25, 0.3) is 0 Å². The summed E-state index contributed by atoms with van der Waals surface area (Å²) in [6.07, 6.45) is 14.3. The van der Waals surface area contributed by atoms with Crippen LogP contribution in [0.2, 0.25) is 0 Å². The summed E-state index contributed by atoms with van der Waals surface area (Å²) in [5.41, 5.74) is 4.56. The summed E-state index contributed by atoms with van der Waals surface area (Å²) in [6.45, 7) is 6.39. The maximum atomic E-state index is 13.9. The lowest BCUT2D eigenvalue weighted by molar-refractivity contribution is 0.157. The van der Waals surface area contributed by atoms with E-state index in [0.717, 1.165) is 35.3 Å². The Bertz CT molecular complexity index is 899. The van der Waals surface area contributed by atoms with Crippen LogP contribution in [0, 0.1) is 29.4 Å². The van der Waals surface area contributed by atoms with Crippen LogP contribution in [-0.4, -0.2) is 0 Å². The summed E-state index contributed by atoms with van der Waals surface area (Å²) in [5, 5.41) is 0. The molecule has 2 aromatic carbocycles. The average Bonchev–Trinajstić information content (AvgIpc) is 2.84. The number of halogens is 2. The third-order valence-corrected chi connectivity index (χ3v) is 8.37. The van der Waals surface area contributed by atoms with Crippen molar-refractivity contribution < 1.29 is 8.78 Å². The molecule has 0 unspecified atom stereocenters. The van der Waals surface area contributed by atoms with E-state index in [0.29, 0.717) is 5.92 Å². The zero-order valence-electron chi connectivity index (χ0n) is 19.6. The molecule has 0 nitrogen and oxygen atoms in total. The van der Waals surface area contributed by atoms with Gasteiger partial charge in [0.1, 0.15) is 0 Å². The van der Waals surface area contributed by atoms with Crippen LogP contribution in [0.4, 0.5) is 8.78 Å². The Labute approximate surface area is 193 Å². The van der Waals surface area contributed by atoms with Crippen molar-refractivity contribution in [1.29, 1.82) is 0 Å². The zero-order chi connectivity index (χ0) is 22.5. The van der Waals surface area contributed by atoms with E-state index in [1.165, 1.54) is 87.5 Å². The van der Waals surface area contributed by atoms with Gasteiger partial charge in [0.15, 0.2) is 11.6 Å². The maximum Gasteiger partial charge on any atom is 0.159 e. The normalized spacial score (nSPS) is 26.1. The smallest absolute Gasteiger partial charge is 0.159 e. The molecule has 0 spiro atoms. The largest absolute Gasteiger partial charge is 0.204 e. The van der Waals surface area contributed by atoms with E-state index in [1.54, 1.807) is 6.07 Å². The molecule has 32 heavy (non-hydrogen) atoms. The monoisotopic (exact) mass is 436 g/mol. The maximum absolute atomic E-state index is 13.9. The van der Waals surface area contributed by atoms with Crippen molar-refractivity contribution in [2.45, 2.75) is 83.5 Å². The Morgan fingerprint density at radius 3 is 2.16 bits per heavy atom. The van der Waals surface area contributed by atoms with E-state index in [4.69, 9.17) is 0 Å². The minimum Gasteiger partial charge on any atom is -0.204 e. The van der Waals surface area contributed by atoms with Gasteiger partial charge in [-0.25, -0.2) is 8.78 Å². The van der Waals surface area contributed by atoms with E-state index >= 15 is 0 Å². The van der Waals surface area contributed by atoms with Crippen LogP contribution in [0.25, 0.3) is 11.1 Å². The molecule has 172 valence electrons. The number of allylic oxidation sites excluding steroid dienone is 1. The van der Waals surface area contributed by atoms with Gasteiger partial charge in [-0.15, -0.1) is 0 Å². The molecular formula is C30H38F2. The van der Waals surface area contributed by atoms with Crippen molar-refractivity contribution >= 4 is 0 Å². The molecule has 0 N–H and O–H groups in total. The Hall–Kier alpha value is -1.96. The predicted molar refractivity (Wildman–Crippen MR) is 131 cm³/mol. The molecule has 4 rings (SSSR count). The summed E-state index contributed by atoms with van der Waals surface area (Å²) in [6, 6.07) is 12.6. The minimum absolute atomic E-state index is 0.520. The van der Waals surface area contributed by atoms with Crippen LogP contribution in [0.5, 0.6) is 0 Å². The first kappa shape index (κ1) is 23.2. The Balaban J connectivity index is 1.33. The van der Waals surface area contributed by atoms with Gasteiger partial charge >= 0.3 is 0 Å². The quantitative estimate of drug-likeness (QED) is 0.379. The molecule has 0 bridgehead atoms. The topological polar surface area (TPSA) is 0 Å². The molecule has 0 aliphatic heterocycles. The Morgan fingerprint density at radius 2 is 1.50 bits per heavy atom. The predicted octanol–water partition coefficient (Wildman–Crippen LogP) is 9.46. The van der Waals surface area contributed by atoms with E-state index in [2.05, 4.69) is 31.7 Å². The van der Waals surface area contributed by atoms with E-state index < -0.39 is 11.6 Å². The number of benzene rings is 2. The Morgan fingerprint density at radius 1 is 0.844 bits per heavy atom. The molecule has 2 aliphatic rings. The molecule has 2 aromatic rings. The molecule has 0 aromatic heterocycles. The number of rotatable bonds is 7. The van der Waals surface area contributed by atoms with Crippen molar-refractivity contribution in [2.75, 3.05) is 0 Å². The van der Waals surface area contributed by atoms with Gasteiger partial charge in [-0.2, -0.15) is 0 Å². The van der Waals surface area contributed by atoms with Crippen LogP contribution < -0.4 is 0 Å². The van der Waals surface area contributed by atoms with E-state index in [9.17, 15) is 8.78 Å². The second-order valence-electron chi connectivity index (χ2n) is 10.3. The highest BCUT2D eigenvalue weighted by molar-refractivity contribution is 5.68. The molecule has 0 saturated heterocycles. The van der Waals surface area contributed by atoms with Crippen LogP contribution in [0.3, 0.4) is 0 Å². The van der Waals surface area contributed by atoms with Crippen molar-refractivity contribution in [2.24, 2.45) is 17.8 Å². The van der Waals surface area contributed by atoms with Crippen LogP contribution in [-0.2, 0) is 0 Å². The lowest BCUT2D eigenvalue weighted by atomic mass is 9.67. The van der Waals surface area contributed by atoms with Crippen LogP contribution in [0.1, 0.15) is 89.0 Å². The van der Waals surface area contributed by atoms with Gasteiger partial charge in [0.2, 0.25) is 0 Å². The second kappa shape index (κ2) is 10.8. The third-order valence-electron chi connectivity index (χ3n) is 8.37. The fourth-order valence-corrected chi connectivity index (χ4v) is 6.21. The number of hydrogen-bond donors (Lipinski definition) is 0. The minimum atomic E-state index is -0.781. The second-order valence-corrected chi connectivity index (χ2v) is 10.3. The molecular weight excluding hydrogens is 398 g/mol. The summed E-state index contributed by atoms with van der Waals surface area (Å²) in [5.74, 6) is 1.66. The van der Waals surface area contributed by atoms with Crippen molar-refractivity contribution in [3.63, 3.8) is 0 Å². The first-order valence-corrected chi connectivity index (χ1v) is 12.8. The highest BCUT2D eigenvalue weighted by atomic mass is 19.2. The highest BCUT2D eigenvalue weighted by Gasteiger charge is 2.31. The van der Waals surface area contributed by atoms with E-state index in [-0.39, 0.29) is 0 Å². The summed E-state index contributed by atoms with van der Waals surface area (Å²) >= 11 is 0. The van der Waals surface area contributed by atoms with Crippen molar-refractivity contribution in [1.82, 2.24) is 0 Å². The van der Waals surface area contributed by atoms with Gasteiger partial charge in [-0.3, -0.25) is 0 Å². The van der Waals surface area contributed by atoms with Crippen LogP contribution >= 0.6 is 0 Å². The van der Waals surface area contributed by atoms with Gasteiger partial charge in [0, 0.05) is 0 Å². The molecule has 0 heterocycles. The average molecular weight is 437 g/mol. The lowest BCUT2D eigenvalue weighted by Gasteiger charge is -2.38. The summed E-state index contributed by atoms with van der Waals surface area (Å²) < 4.78 is 27.3. The van der Waals surface area contributed by atoms with Crippen molar-refractivity contribution in [3.05, 3.63) is 71.8 Å². The highest BCUT2D eigenvalue weighted by Crippen LogP contribution is 2.46. The van der Waals surface area contributed by atoms with E-state index in [1.807, 2.05) is 6.07 Å². The van der Waals surface area contributed by atoms with Crippen molar-refractivity contribution in [3.8, 4) is 11.1 Å². The molecule has 2 aliphatic carbocycles. The van der Waals surface area contributed by atoms with Gasteiger partial charge in [-0.05, 0) is 110 Å². The first-order chi connectivity index (χ1) is 15.5. The summed E-state index contributed by atoms with van der Waals surface area (Å²) in [7, 11) is 0. The molecule has 2 saturated carbocycles. The van der Waals surface area contributed by atoms with Gasteiger partial charge in [-0.1, -0.05) is 62.2 Å². The lowest BCUT2D eigenvalue weighted by Crippen LogP contribution is -2.25. The molecule has 2 heteroatoms. The molecule has 0 atom stereocenters. The third kappa shape index (κ3) is 5.50. The fraction of sp³-hybridized carbons (Fsp3) is 0.533.